The number of phenols is 1. The maximum absolute atomic E-state index is 14.0. The smallest absolute Gasteiger partial charge is 0.176 e. The lowest BCUT2D eigenvalue weighted by Crippen LogP contribution is -2.48. The number of benzene rings is 2. The summed E-state index contributed by atoms with van der Waals surface area (Å²) in [6.07, 6.45) is 0. The fourth-order valence-electron chi connectivity index (χ4n) is 3.00. The summed E-state index contributed by atoms with van der Waals surface area (Å²) in [4.78, 5) is 4.72. The van der Waals surface area contributed by atoms with Gasteiger partial charge in [0.1, 0.15) is 10.8 Å². The summed E-state index contributed by atoms with van der Waals surface area (Å²) < 4.78 is 19.4. The van der Waals surface area contributed by atoms with E-state index in [1.54, 1.807) is 24.3 Å². The zero-order valence-electron chi connectivity index (χ0n) is 14.4. The summed E-state index contributed by atoms with van der Waals surface area (Å²) in [6, 6.07) is 10.1. The minimum Gasteiger partial charge on any atom is -0.503 e. The van der Waals surface area contributed by atoms with Crippen LogP contribution < -0.4 is 9.64 Å². The molecule has 0 aromatic heterocycles. The molecule has 0 saturated carbocycles. The highest BCUT2D eigenvalue weighted by Gasteiger charge is 2.23. The van der Waals surface area contributed by atoms with Crippen LogP contribution in [0.4, 0.5) is 10.1 Å². The normalized spacial score (nSPS) is 14.4. The molecule has 0 atom stereocenters. The average Bonchev–Trinajstić information content (AvgIpc) is 2.65. The van der Waals surface area contributed by atoms with Gasteiger partial charge in [0.25, 0.3) is 0 Å². The van der Waals surface area contributed by atoms with E-state index in [1.807, 2.05) is 17.9 Å². The van der Waals surface area contributed by atoms with Gasteiger partial charge in [-0.2, -0.15) is 0 Å². The van der Waals surface area contributed by atoms with Gasteiger partial charge in [0.15, 0.2) is 11.5 Å². The number of anilines is 1. The minimum absolute atomic E-state index is 0.0792. The number of hydrogen-bond acceptors (Lipinski definition) is 4. The SMILES string of the molecule is CCOc1cc(C(=S)N2CCN(c3ccccc3F)CC2)cc(Cl)c1O. The molecule has 0 aliphatic carbocycles. The van der Waals surface area contributed by atoms with Crippen molar-refractivity contribution in [2.24, 2.45) is 0 Å². The molecule has 7 heteroatoms. The second-order valence-electron chi connectivity index (χ2n) is 5.97. The predicted molar refractivity (Wildman–Crippen MR) is 106 cm³/mol. The van der Waals surface area contributed by atoms with E-state index >= 15 is 0 Å². The van der Waals surface area contributed by atoms with Gasteiger partial charge in [-0.1, -0.05) is 36.0 Å². The number of hydrogen-bond donors (Lipinski definition) is 1. The first-order chi connectivity index (χ1) is 12.5. The number of halogens is 2. The van der Waals surface area contributed by atoms with E-state index in [4.69, 9.17) is 28.6 Å². The Morgan fingerprint density at radius 3 is 2.58 bits per heavy atom. The Morgan fingerprint density at radius 2 is 1.92 bits per heavy atom. The van der Waals surface area contributed by atoms with Crippen LogP contribution in [0.5, 0.6) is 11.5 Å². The van der Waals surface area contributed by atoms with Gasteiger partial charge in [-0.05, 0) is 31.2 Å². The number of nitrogens with zero attached hydrogens (tertiary/aromatic N) is 2. The maximum atomic E-state index is 14.0. The molecule has 1 aliphatic rings. The number of rotatable bonds is 4. The second-order valence-corrected chi connectivity index (χ2v) is 6.76. The fraction of sp³-hybridized carbons (Fsp3) is 0.316. The monoisotopic (exact) mass is 394 g/mol. The van der Waals surface area contributed by atoms with Gasteiger partial charge >= 0.3 is 0 Å². The van der Waals surface area contributed by atoms with Gasteiger partial charge in [0, 0.05) is 31.7 Å². The van der Waals surface area contributed by atoms with Crippen LogP contribution in [0.3, 0.4) is 0 Å². The molecule has 1 aliphatic heterocycles. The van der Waals surface area contributed by atoms with Gasteiger partial charge in [-0.25, -0.2) is 4.39 Å². The summed E-state index contributed by atoms with van der Waals surface area (Å²) in [7, 11) is 0. The molecular formula is C19H20ClFN2O2S. The molecule has 3 rings (SSSR count). The first-order valence-corrected chi connectivity index (χ1v) is 9.24. The van der Waals surface area contributed by atoms with Crippen LogP contribution in [0.1, 0.15) is 12.5 Å². The fourth-order valence-corrected chi connectivity index (χ4v) is 3.52. The molecule has 0 radical (unpaired) electrons. The van der Waals surface area contributed by atoms with Crippen molar-refractivity contribution in [2.75, 3.05) is 37.7 Å². The first-order valence-electron chi connectivity index (χ1n) is 8.45. The van der Waals surface area contributed by atoms with Crippen molar-refractivity contribution in [3.05, 3.63) is 52.8 Å². The van der Waals surface area contributed by atoms with Crippen LogP contribution in [0, 0.1) is 5.82 Å². The lowest BCUT2D eigenvalue weighted by molar-refractivity contribution is 0.318. The largest absolute Gasteiger partial charge is 0.503 e. The Morgan fingerprint density at radius 1 is 1.23 bits per heavy atom. The summed E-state index contributed by atoms with van der Waals surface area (Å²) >= 11 is 11.7. The zero-order valence-corrected chi connectivity index (χ0v) is 16.0. The molecule has 1 N–H and O–H groups in total. The number of aromatic hydroxyl groups is 1. The van der Waals surface area contributed by atoms with Crippen molar-refractivity contribution < 1.29 is 14.2 Å². The lowest BCUT2D eigenvalue weighted by Gasteiger charge is -2.37. The number of piperazine rings is 1. The highest BCUT2D eigenvalue weighted by atomic mass is 35.5. The van der Waals surface area contributed by atoms with E-state index < -0.39 is 0 Å². The third-order valence-corrected chi connectivity index (χ3v) is 5.12. The first kappa shape index (κ1) is 18.7. The maximum Gasteiger partial charge on any atom is 0.176 e. The average molecular weight is 395 g/mol. The molecule has 138 valence electrons. The summed E-state index contributed by atoms with van der Waals surface area (Å²) in [5.74, 6) is 0.0296. The van der Waals surface area contributed by atoms with E-state index in [0.29, 0.717) is 49.2 Å². The molecule has 4 nitrogen and oxygen atoms in total. The van der Waals surface area contributed by atoms with E-state index in [1.165, 1.54) is 6.07 Å². The minimum atomic E-state index is -0.213. The molecule has 1 fully saturated rings. The number of para-hydroxylation sites is 1. The number of phenolic OH excluding ortho intramolecular Hbond substituents is 1. The van der Waals surface area contributed by atoms with Crippen LogP contribution >= 0.6 is 23.8 Å². The van der Waals surface area contributed by atoms with Crippen LogP contribution in [0.2, 0.25) is 5.02 Å². The molecule has 26 heavy (non-hydrogen) atoms. The molecule has 0 amide bonds. The van der Waals surface area contributed by atoms with Gasteiger partial charge in [-0.3, -0.25) is 0 Å². The zero-order chi connectivity index (χ0) is 18.7. The lowest BCUT2D eigenvalue weighted by atomic mass is 10.1. The van der Waals surface area contributed by atoms with Crippen LogP contribution in [-0.2, 0) is 0 Å². The van der Waals surface area contributed by atoms with Crippen molar-refractivity contribution in [3.63, 3.8) is 0 Å². The number of ether oxygens (including phenoxy) is 1. The second kappa shape index (κ2) is 8.10. The highest BCUT2D eigenvalue weighted by molar-refractivity contribution is 7.80. The van der Waals surface area contributed by atoms with Crippen LogP contribution in [0.25, 0.3) is 0 Å². The van der Waals surface area contributed by atoms with Crippen molar-refractivity contribution in [2.45, 2.75) is 6.92 Å². The Bertz CT molecular complexity index is 810. The number of thiocarbonyl (C=S) groups is 1. The van der Waals surface area contributed by atoms with Crippen molar-refractivity contribution >= 4 is 34.5 Å². The van der Waals surface area contributed by atoms with Crippen LogP contribution in [0.15, 0.2) is 36.4 Å². The van der Waals surface area contributed by atoms with Crippen molar-refractivity contribution in [3.8, 4) is 11.5 Å². The van der Waals surface area contributed by atoms with Gasteiger partial charge in [0.2, 0.25) is 0 Å². The van der Waals surface area contributed by atoms with Crippen molar-refractivity contribution in [1.29, 1.82) is 0 Å². The highest BCUT2D eigenvalue weighted by Crippen LogP contribution is 2.36. The molecule has 2 aromatic carbocycles. The summed E-state index contributed by atoms with van der Waals surface area (Å²) in [5, 5.41) is 10.2. The predicted octanol–water partition coefficient (Wildman–Crippen LogP) is 4.08. The van der Waals surface area contributed by atoms with E-state index in [-0.39, 0.29) is 16.6 Å². The molecule has 1 heterocycles. The van der Waals surface area contributed by atoms with Gasteiger partial charge in [-0.15, -0.1) is 0 Å². The van der Waals surface area contributed by atoms with E-state index in [2.05, 4.69) is 4.90 Å². The molecule has 1 saturated heterocycles. The summed E-state index contributed by atoms with van der Waals surface area (Å²) in [5.41, 5.74) is 1.34. The Hall–Kier alpha value is -2.05. The van der Waals surface area contributed by atoms with Crippen LogP contribution in [-0.4, -0.2) is 47.8 Å². The molecule has 0 bridgehead atoms. The molecule has 0 spiro atoms. The quantitative estimate of drug-likeness (QED) is 0.790. The molecule has 2 aromatic rings. The standard InChI is InChI=1S/C19H20ClFN2O2S/c1-2-25-17-12-13(11-14(20)18(17)24)19(26)23-9-7-22(8-10-23)16-6-4-3-5-15(16)21/h3-6,11-12,24H,2,7-10H2,1H3. The van der Waals surface area contributed by atoms with E-state index in [9.17, 15) is 9.50 Å². The molecular weight excluding hydrogens is 375 g/mol. The van der Waals surface area contributed by atoms with Crippen molar-refractivity contribution in [1.82, 2.24) is 4.90 Å². The molecule has 0 unspecified atom stereocenters. The van der Waals surface area contributed by atoms with Gasteiger partial charge < -0.3 is 19.6 Å². The topological polar surface area (TPSA) is 35.9 Å². The Kier molecular flexibility index (Phi) is 5.84. The Balaban J connectivity index is 1.72. The summed E-state index contributed by atoms with van der Waals surface area (Å²) in [6.45, 7) is 4.95. The third kappa shape index (κ3) is 3.86. The Labute approximate surface area is 162 Å². The third-order valence-electron chi connectivity index (χ3n) is 4.34. The van der Waals surface area contributed by atoms with Gasteiger partial charge in [0.05, 0.1) is 17.3 Å². The van der Waals surface area contributed by atoms with E-state index in [0.717, 1.165) is 5.56 Å².